The third kappa shape index (κ3) is 3.11. The number of ether oxygens (including phenoxy) is 1. The van der Waals surface area contributed by atoms with E-state index in [4.69, 9.17) is 4.74 Å². The highest BCUT2D eigenvalue weighted by Gasteiger charge is 2.31. The van der Waals surface area contributed by atoms with Crippen molar-refractivity contribution in [1.29, 1.82) is 0 Å². The number of carbonyl (C=O) groups excluding carboxylic acids is 1. The number of amides is 1. The lowest BCUT2D eigenvalue weighted by Gasteiger charge is -2.32. The Bertz CT molecular complexity index is 508. The molecule has 2 aliphatic rings. The van der Waals surface area contributed by atoms with Gasteiger partial charge in [0.2, 0.25) is 0 Å². The minimum Gasteiger partial charge on any atom is -0.508 e. The molecule has 0 aliphatic carbocycles. The molecule has 2 saturated heterocycles. The first-order valence-corrected chi connectivity index (χ1v) is 7.27. The summed E-state index contributed by atoms with van der Waals surface area (Å²) in [5.74, 6) is -0.332. The van der Waals surface area contributed by atoms with E-state index in [1.807, 2.05) is 0 Å². The van der Waals surface area contributed by atoms with Crippen LogP contribution in [0.25, 0.3) is 0 Å². The molecule has 1 aromatic carbocycles. The summed E-state index contributed by atoms with van der Waals surface area (Å²) >= 11 is 0. The number of rotatable bonds is 2. The summed E-state index contributed by atoms with van der Waals surface area (Å²) in [6, 6.07) is 4.38. The van der Waals surface area contributed by atoms with Gasteiger partial charge in [-0.1, -0.05) is 0 Å². The predicted octanol–water partition coefficient (Wildman–Crippen LogP) is 0.644. The van der Waals surface area contributed by atoms with Gasteiger partial charge in [-0.05, 0) is 18.6 Å². The lowest BCUT2D eigenvalue weighted by Crippen LogP contribution is -2.45. The van der Waals surface area contributed by atoms with Crippen LogP contribution in [0.4, 0.5) is 0 Å². The van der Waals surface area contributed by atoms with Crippen LogP contribution in [0.1, 0.15) is 16.8 Å². The highest BCUT2D eigenvalue weighted by atomic mass is 16.5. The maximum atomic E-state index is 12.4. The smallest absolute Gasteiger partial charge is 0.254 e. The topological polar surface area (TPSA) is 73.2 Å². The Morgan fingerprint density at radius 1 is 1.10 bits per heavy atom. The highest BCUT2D eigenvalue weighted by Crippen LogP contribution is 2.24. The fourth-order valence-corrected chi connectivity index (χ4v) is 3.07. The zero-order valence-corrected chi connectivity index (χ0v) is 11.9. The molecule has 2 aliphatic heterocycles. The first-order valence-electron chi connectivity index (χ1n) is 7.27. The zero-order chi connectivity index (χ0) is 14.8. The van der Waals surface area contributed by atoms with Crippen molar-refractivity contribution in [3.63, 3.8) is 0 Å². The predicted molar refractivity (Wildman–Crippen MR) is 76.5 cm³/mol. The van der Waals surface area contributed by atoms with Crippen molar-refractivity contribution < 1.29 is 19.7 Å². The minimum absolute atomic E-state index is 0.0951. The lowest BCUT2D eigenvalue weighted by atomic mass is 10.1. The van der Waals surface area contributed by atoms with E-state index in [1.54, 1.807) is 4.90 Å². The third-order valence-corrected chi connectivity index (χ3v) is 4.16. The number of nitrogens with zero attached hydrogens (tertiary/aromatic N) is 2. The second-order valence-corrected chi connectivity index (χ2v) is 5.58. The molecule has 2 N–H and O–H groups in total. The van der Waals surface area contributed by atoms with Crippen molar-refractivity contribution in [1.82, 2.24) is 9.80 Å². The molecule has 6 heteroatoms. The fraction of sp³-hybridized carbons (Fsp3) is 0.533. The van der Waals surface area contributed by atoms with Gasteiger partial charge in [0.1, 0.15) is 11.5 Å². The highest BCUT2D eigenvalue weighted by molar-refractivity contribution is 5.95. The third-order valence-electron chi connectivity index (χ3n) is 4.16. The number of hydrogen-bond donors (Lipinski definition) is 2. The van der Waals surface area contributed by atoms with Crippen molar-refractivity contribution in [2.24, 2.45) is 0 Å². The molecular weight excluding hydrogens is 272 g/mol. The molecule has 0 spiro atoms. The molecule has 0 saturated carbocycles. The summed E-state index contributed by atoms with van der Waals surface area (Å²) in [7, 11) is 0. The van der Waals surface area contributed by atoms with Gasteiger partial charge < -0.3 is 19.8 Å². The Morgan fingerprint density at radius 2 is 1.76 bits per heavy atom. The largest absolute Gasteiger partial charge is 0.508 e. The molecule has 1 atom stereocenters. The van der Waals surface area contributed by atoms with Crippen molar-refractivity contribution >= 4 is 5.91 Å². The summed E-state index contributed by atoms with van der Waals surface area (Å²) in [5, 5.41) is 19.0. The van der Waals surface area contributed by atoms with Crippen LogP contribution in [-0.4, -0.2) is 71.4 Å². The number of phenols is 2. The van der Waals surface area contributed by atoms with E-state index in [2.05, 4.69) is 4.90 Å². The molecule has 1 unspecified atom stereocenters. The molecule has 0 aromatic heterocycles. The molecule has 6 nitrogen and oxygen atoms in total. The van der Waals surface area contributed by atoms with E-state index in [-0.39, 0.29) is 17.4 Å². The number of morpholine rings is 1. The average molecular weight is 292 g/mol. The molecule has 2 heterocycles. The van der Waals surface area contributed by atoms with E-state index in [0.717, 1.165) is 32.7 Å². The van der Waals surface area contributed by atoms with Crippen LogP contribution in [0.5, 0.6) is 11.5 Å². The van der Waals surface area contributed by atoms with Gasteiger partial charge in [0, 0.05) is 43.9 Å². The molecule has 0 radical (unpaired) electrons. The van der Waals surface area contributed by atoms with E-state index in [9.17, 15) is 15.0 Å². The van der Waals surface area contributed by atoms with Crippen LogP contribution < -0.4 is 0 Å². The number of benzene rings is 1. The SMILES string of the molecule is O=C(c1cc(O)cc(O)c1)N1CCC(N2CCOCC2)C1. The van der Waals surface area contributed by atoms with Gasteiger partial charge in [-0.2, -0.15) is 0 Å². The Labute approximate surface area is 123 Å². The summed E-state index contributed by atoms with van der Waals surface area (Å²) in [4.78, 5) is 16.6. The standard InChI is InChI=1S/C15H20N2O4/c18-13-7-11(8-14(19)9-13)15(20)17-2-1-12(10-17)16-3-5-21-6-4-16/h7-9,12,18-19H,1-6,10H2. The number of hydrogen-bond acceptors (Lipinski definition) is 5. The average Bonchev–Trinajstić information content (AvgIpc) is 2.96. The number of carbonyl (C=O) groups is 1. The number of phenolic OH excluding ortho intramolecular Hbond substituents is 2. The monoisotopic (exact) mass is 292 g/mol. The number of aromatic hydroxyl groups is 2. The van der Waals surface area contributed by atoms with Crippen LogP contribution in [-0.2, 0) is 4.74 Å². The maximum Gasteiger partial charge on any atom is 0.254 e. The molecule has 1 aromatic rings. The summed E-state index contributed by atoms with van der Waals surface area (Å²) in [5.41, 5.74) is 0.329. The van der Waals surface area contributed by atoms with E-state index in [1.165, 1.54) is 18.2 Å². The molecule has 2 fully saturated rings. The van der Waals surface area contributed by atoms with Gasteiger partial charge in [0.25, 0.3) is 5.91 Å². The summed E-state index contributed by atoms with van der Waals surface area (Å²) in [6.45, 7) is 4.74. The van der Waals surface area contributed by atoms with Crippen molar-refractivity contribution in [3.05, 3.63) is 23.8 Å². The van der Waals surface area contributed by atoms with Gasteiger partial charge in [-0.15, -0.1) is 0 Å². The number of likely N-dealkylation sites (tertiary alicyclic amines) is 1. The molecule has 114 valence electrons. The van der Waals surface area contributed by atoms with Crippen LogP contribution in [0.3, 0.4) is 0 Å². The summed E-state index contributed by atoms with van der Waals surface area (Å²) in [6.07, 6.45) is 0.955. The Kier molecular flexibility index (Phi) is 3.98. The fourth-order valence-electron chi connectivity index (χ4n) is 3.07. The Morgan fingerprint density at radius 3 is 2.43 bits per heavy atom. The van der Waals surface area contributed by atoms with Gasteiger partial charge in [0.05, 0.1) is 13.2 Å². The van der Waals surface area contributed by atoms with Crippen LogP contribution in [0.2, 0.25) is 0 Å². The Balaban J connectivity index is 1.66. The van der Waals surface area contributed by atoms with Crippen LogP contribution in [0, 0.1) is 0 Å². The molecular formula is C15H20N2O4. The quantitative estimate of drug-likeness (QED) is 0.837. The molecule has 0 bridgehead atoms. The molecule has 21 heavy (non-hydrogen) atoms. The molecule has 3 rings (SSSR count). The lowest BCUT2D eigenvalue weighted by molar-refractivity contribution is 0.0185. The summed E-state index contributed by atoms with van der Waals surface area (Å²) < 4.78 is 5.35. The van der Waals surface area contributed by atoms with E-state index >= 15 is 0 Å². The zero-order valence-electron chi connectivity index (χ0n) is 11.9. The second-order valence-electron chi connectivity index (χ2n) is 5.58. The van der Waals surface area contributed by atoms with E-state index in [0.29, 0.717) is 24.7 Å². The van der Waals surface area contributed by atoms with Gasteiger partial charge in [-0.3, -0.25) is 9.69 Å². The normalized spacial score (nSPS) is 23.4. The first kappa shape index (κ1) is 14.2. The van der Waals surface area contributed by atoms with E-state index < -0.39 is 0 Å². The van der Waals surface area contributed by atoms with Crippen LogP contribution >= 0.6 is 0 Å². The van der Waals surface area contributed by atoms with Gasteiger partial charge in [0.15, 0.2) is 0 Å². The van der Waals surface area contributed by atoms with Crippen molar-refractivity contribution in [2.75, 3.05) is 39.4 Å². The first-order chi connectivity index (χ1) is 10.1. The second kappa shape index (κ2) is 5.91. The van der Waals surface area contributed by atoms with Crippen LogP contribution in [0.15, 0.2) is 18.2 Å². The molecule has 1 amide bonds. The van der Waals surface area contributed by atoms with Gasteiger partial charge >= 0.3 is 0 Å². The Hall–Kier alpha value is -1.79. The maximum absolute atomic E-state index is 12.4. The minimum atomic E-state index is -0.142. The van der Waals surface area contributed by atoms with Gasteiger partial charge in [-0.25, -0.2) is 0 Å². The van der Waals surface area contributed by atoms with Crippen molar-refractivity contribution in [3.8, 4) is 11.5 Å². The van der Waals surface area contributed by atoms with Crippen molar-refractivity contribution in [2.45, 2.75) is 12.5 Å².